The molecule has 3 heterocycles. The van der Waals surface area contributed by atoms with Gasteiger partial charge in [0.2, 0.25) is 0 Å². The van der Waals surface area contributed by atoms with Crippen LogP contribution in [0.1, 0.15) is 41.4 Å². The number of phenols is 1. The Kier molecular flexibility index (Phi) is 8.00. The van der Waals surface area contributed by atoms with Crippen molar-refractivity contribution in [1.29, 1.82) is 0 Å². The number of benzene rings is 1. The lowest BCUT2D eigenvalue weighted by atomic mass is 9.96. The predicted octanol–water partition coefficient (Wildman–Crippen LogP) is 4.20. The summed E-state index contributed by atoms with van der Waals surface area (Å²) < 4.78 is 7.54. The third-order valence-corrected chi connectivity index (χ3v) is 6.18. The molecule has 1 N–H and O–H groups in total. The topological polar surface area (TPSA) is 70.8 Å². The summed E-state index contributed by atoms with van der Waals surface area (Å²) >= 11 is 0. The molecule has 33 heavy (non-hydrogen) atoms. The van der Waals surface area contributed by atoms with Gasteiger partial charge in [0.05, 0.1) is 17.7 Å². The quantitative estimate of drug-likeness (QED) is 0.519. The molecule has 0 bridgehead atoms. The Morgan fingerprint density at radius 1 is 1.27 bits per heavy atom. The molecule has 1 aliphatic rings. The van der Waals surface area contributed by atoms with Crippen molar-refractivity contribution in [2.24, 2.45) is 7.05 Å². The standard InChI is InChI=1S/C25H32N4O3.ClH/c1-5-32-25(31)23-21(16-27(2)3)28(4)20-13-18(17-9-8-10-26-14-17)24(30)19(22(20)23)15-29-11-6-7-12-29;/h8-10,13-14,30H,5-7,11-12,15-16H2,1-4H3;1H. The number of aromatic nitrogens is 2. The predicted molar refractivity (Wildman–Crippen MR) is 133 cm³/mol. The fourth-order valence-corrected chi connectivity index (χ4v) is 4.68. The van der Waals surface area contributed by atoms with Gasteiger partial charge in [0, 0.05) is 60.3 Å². The number of halogens is 1. The highest BCUT2D eigenvalue weighted by Gasteiger charge is 2.29. The van der Waals surface area contributed by atoms with Crippen LogP contribution in [0, 0.1) is 0 Å². The zero-order valence-corrected chi connectivity index (χ0v) is 20.6. The Morgan fingerprint density at radius 2 is 2.00 bits per heavy atom. The van der Waals surface area contributed by atoms with Crippen molar-refractivity contribution < 1.29 is 14.6 Å². The number of hydrogen-bond acceptors (Lipinski definition) is 6. The number of hydrogen-bond donors (Lipinski definition) is 1. The van der Waals surface area contributed by atoms with E-state index in [0.717, 1.165) is 59.2 Å². The van der Waals surface area contributed by atoms with E-state index >= 15 is 0 Å². The number of nitrogens with zero attached hydrogens (tertiary/aromatic N) is 4. The van der Waals surface area contributed by atoms with Gasteiger partial charge in [0.1, 0.15) is 5.75 Å². The second kappa shape index (κ2) is 10.5. The normalized spacial score (nSPS) is 14.1. The van der Waals surface area contributed by atoms with Gasteiger partial charge in [-0.3, -0.25) is 9.88 Å². The number of likely N-dealkylation sites (tertiary alicyclic amines) is 1. The number of carbonyl (C=O) groups is 1. The van der Waals surface area contributed by atoms with Crippen LogP contribution in [0.25, 0.3) is 22.0 Å². The molecule has 0 atom stereocenters. The molecule has 1 aromatic carbocycles. The monoisotopic (exact) mass is 472 g/mol. The Labute approximate surface area is 201 Å². The van der Waals surface area contributed by atoms with Gasteiger partial charge in [-0.15, -0.1) is 12.4 Å². The molecule has 0 amide bonds. The van der Waals surface area contributed by atoms with Gasteiger partial charge in [0.25, 0.3) is 0 Å². The van der Waals surface area contributed by atoms with Gasteiger partial charge in [-0.2, -0.15) is 0 Å². The van der Waals surface area contributed by atoms with Crippen molar-refractivity contribution in [1.82, 2.24) is 19.4 Å². The first-order valence-electron chi connectivity index (χ1n) is 11.2. The van der Waals surface area contributed by atoms with Gasteiger partial charge < -0.3 is 19.3 Å². The van der Waals surface area contributed by atoms with Crippen LogP contribution in [-0.2, 0) is 24.9 Å². The molecular weight excluding hydrogens is 440 g/mol. The molecule has 0 radical (unpaired) electrons. The second-order valence-corrected chi connectivity index (χ2v) is 8.71. The minimum atomic E-state index is -0.342. The zero-order valence-electron chi connectivity index (χ0n) is 19.8. The molecular formula is C25H33ClN4O3. The summed E-state index contributed by atoms with van der Waals surface area (Å²) in [6.07, 6.45) is 5.78. The number of rotatable bonds is 7. The number of phenolic OH excluding ortho intramolecular Hbond substituents is 1. The van der Waals surface area contributed by atoms with Crippen LogP contribution in [0.15, 0.2) is 30.6 Å². The maximum atomic E-state index is 13.2. The number of aromatic hydroxyl groups is 1. The first-order valence-corrected chi connectivity index (χ1v) is 11.2. The van der Waals surface area contributed by atoms with Gasteiger partial charge in [0.15, 0.2) is 0 Å². The molecule has 3 aromatic rings. The van der Waals surface area contributed by atoms with E-state index < -0.39 is 0 Å². The molecule has 1 saturated heterocycles. The van der Waals surface area contributed by atoms with Crippen LogP contribution >= 0.6 is 12.4 Å². The molecule has 178 valence electrons. The van der Waals surface area contributed by atoms with E-state index in [1.54, 1.807) is 12.4 Å². The summed E-state index contributed by atoms with van der Waals surface area (Å²) in [5.74, 6) is -0.129. The van der Waals surface area contributed by atoms with Gasteiger partial charge in [-0.25, -0.2) is 4.79 Å². The molecule has 0 unspecified atom stereocenters. The lowest BCUT2D eigenvalue weighted by Crippen LogP contribution is -2.19. The molecule has 2 aromatic heterocycles. The van der Waals surface area contributed by atoms with Crippen molar-refractivity contribution in [3.63, 3.8) is 0 Å². The highest BCUT2D eigenvalue weighted by atomic mass is 35.5. The van der Waals surface area contributed by atoms with Gasteiger partial charge in [-0.05, 0) is 59.1 Å². The molecule has 0 saturated carbocycles. The average molecular weight is 473 g/mol. The number of fused-ring (bicyclic) bond motifs is 1. The molecule has 0 aliphatic carbocycles. The highest BCUT2D eigenvalue weighted by molar-refractivity contribution is 6.09. The van der Waals surface area contributed by atoms with Crippen LogP contribution in [-0.4, -0.2) is 64.2 Å². The summed E-state index contributed by atoms with van der Waals surface area (Å²) in [7, 11) is 5.94. The maximum Gasteiger partial charge on any atom is 0.340 e. The number of carbonyl (C=O) groups excluding carboxylic acids is 1. The first kappa shape index (κ1) is 25.0. The van der Waals surface area contributed by atoms with E-state index in [0.29, 0.717) is 25.3 Å². The van der Waals surface area contributed by atoms with E-state index in [2.05, 4.69) is 14.5 Å². The summed E-state index contributed by atoms with van der Waals surface area (Å²) in [4.78, 5) is 21.8. The molecule has 1 aliphatic heterocycles. The Morgan fingerprint density at radius 3 is 2.61 bits per heavy atom. The van der Waals surface area contributed by atoms with Crippen molar-refractivity contribution in [3.8, 4) is 16.9 Å². The van der Waals surface area contributed by atoms with Crippen LogP contribution in [0.5, 0.6) is 5.75 Å². The largest absolute Gasteiger partial charge is 0.507 e. The first-order chi connectivity index (χ1) is 15.4. The number of aryl methyl sites for hydroxylation is 1. The maximum absolute atomic E-state index is 13.2. The Hall–Kier alpha value is -2.61. The third kappa shape index (κ3) is 4.86. The van der Waals surface area contributed by atoms with Crippen LogP contribution in [0.3, 0.4) is 0 Å². The minimum Gasteiger partial charge on any atom is -0.507 e. The van der Waals surface area contributed by atoms with Crippen LogP contribution < -0.4 is 0 Å². The zero-order chi connectivity index (χ0) is 22.8. The van der Waals surface area contributed by atoms with Crippen LogP contribution in [0.4, 0.5) is 0 Å². The Balaban J connectivity index is 0.00000306. The second-order valence-electron chi connectivity index (χ2n) is 8.71. The average Bonchev–Trinajstić information content (AvgIpc) is 3.37. The van der Waals surface area contributed by atoms with Gasteiger partial charge >= 0.3 is 5.97 Å². The van der Waals surface area contributed by atoms with Crippen molar-refractivity contribution in [3.05, 3.63) is 47.4 Å². The highest BCUT2D eigenvalue weighted by Crippen LogP contribution is 2.42. The third-order valence-electron chi connectivity index (χ3n) is 6.18. The molecule has 7 nitrogen and oxygen atoms in total. The number of pyridine rings is 1. The molecule has 4 rings (SSSR count). The fraction of sp³-hybridized carbons (Fsp3) is 0.440. The summed E-state index contributed by atoms with van der Waals surface area (Å²) in [5, 5.41) is 12.3. The molecule has 8 heteroatoms. The van der Waals surface area contributed by atoms with Crippen molar-refractivity contribution >= 4 is 29.3 Å². The summed E-state index contributed by atoms with van der Waals surface area (Å²) in [5.41, 5.74) is 4.71. The smallest absolute Gasteiger partial charge is 0.340 e. The molecule has 1 fully saturated rings. The van der Waals surface area contributed by atoms with Crippen LogP contribution in [0.2, 0.25) is 0 Å². The summed E-state index contributed by atoms with van der Waals surface area (Å²) in [6, 6.07) is 5.78. The van der Waals surface area contributed by atoms with E-state index in [-0.39, 0.29) is 24.1 Å². The lowest BCUT2D eigenvalue weighted by Gasteiger charge is -2.19. The van der Waals surface area contributed by atoms with Crippen molar-refractivity contribution in [2.45, 2.75) is 32.9 Å². The van der Waals surface area contributed by atoms with E-state index in [1.165, 1.54) is 0 Å². The molecule has 0 spiro atoms. The minimum absolute atomic E-state index is 0. The van der Waals surface area contributed by atoms with Gasteiger partial charge in [-0.1, -0.05) is 6.07 Å². The fourth-order valence-electron chi connectivity index (χ4n) is 4.68. The SMILES string of the molecule is CCOC(=O)c1c(CN(C)C)n(C)c2cc(-c3cccnc3)c(O)c(CN3CCCC3)c12.Cl. The number of ether oxygens (including phenoxy) is 1. The van der Waals surface area contributed by atoms with E-state index in [1.807, 2.05) is 51.2 Å². The van der Waals surface area contributed by atoms with E-state index in [9.17, 15) is 9.90 Å². The Bertz CT molecular complexity index is 1120. The van der Waals surface area contributed by atoms with E-state index in [4.69, 9.17) is 4.74 Å². The summed E-state index contributed by atoms with van der Waals surface area (Å²) in [6.45, 7) is 5.28. The van der Waals surface area contributed by atoms with Crippen molar-refractivity contribution in [2.75, 3.05) is 33.8 Å². The number of esters is 1. The lowest BCUT2D eigenvalue weighted by molar-refractivity contribution is 0.0526.